The maximum atomic E-state index is 13.0. The summed E-state index contributed by atoms with van der Waals surface area (Å²) in [4.78, 5) is 27.0. The van der Waals surface area contributed by atoms with E-state index in [2.05, 4.69) is 12.2 Å². The summed E-state index contributed by atoms with van der Waals surface area (Å²) in [6.45, 7) is 4.29. The summed E-state index contributed by atoms with van der Waals surface area (Å²) in [7, 11) is 0. The molecule has 0 saturated carbocycles. The smallest absolute Gasteiger partial charge is 0.261 e. The summed E-state index contributed by atoms with van der Waals surface area (Å²) in [5, 5.41) is 3.83. The van der Waals surface area contributed by atoms with Crippen molar-refractivity contribution in [3.63, 3.8) is 0 Å². The zero-order valence-corrected chi connectivity index (χ0v) is 18.2. The van der Waals surface area contributed by atoms with Gasteiger partial charge in [-0.25, -0.2) is 0 Å². The van der Waals surface area contributed by atoms with E-state index in [4.69, 9.17) is 27.9 Å². The summed E-state index contributed by atoms with van der Waals surface area (Å²) in [6.07, 6.45) is 1.86. The minimum atomic E-state index is -0.675. The van der Waals surface area contributed by atoms with Crippen molar-refractivity contribution in [1.29, 1.82) is 0 Å². The van der Waals surface area contributed by atoms with Crippen LogP contribution in [0.2, 0.25) is 10.0 Å². The number of hydrogen-bond acceptors (Lipinski definition) is 3. The Labute approximate surface area is 181 Å². The number of nitrogens with zero attached hydrogens (tertiary/aromatic N) is 1. The molecule has 2 rings (SSSR count). The fourth-order valence-electron chi connectivity index (χ4n) is 2.71. The van der Waals surface area contributed by atoms with Gasteiger partial charge in [-0.05, 0) is 37.1 Å². The topological polar surface area (TPSA) is 58.6 Å². The van der Waals surface area contributed by atoms with E-state index in [1.165, 1.54) is 4.90 Å². The number of hydrogen-bond donors (Lipinski definition) is 1. The molecule has 29 heavy (non-hydrogen) atoms. The number of carbonyl (C=O) groups excluding carboxylic acids is 2. The molecule has 0 aliphatic rings. The van der Waals surface area contributed by atoms with Gasteiger partial charge in [-0.1, -0.05) is 66.9 Å². The van der Waals surface area contributed by atoms with Gasteiger partial charge >= 0.3 is 0 Å². The molecule has 0 aliphatic heterocycles. The van der Waals surface area contributed by atoms with Crippen molar-refractivity contribution in [2.24, 2.45) is 0 Å². The van der Waals surface area contributed by atoms with Crippen LogP contribution in [-0.4, -0.2) is 35.9 Å². The first-order valence-corrected chi connectivity index (χ1v) is 10.4. The lowest BCUT2D eigenvalue weighted by molar-refractivity contribution is -0.142. The van der Waals surface area contributed by atoms with Crippen molar-refractivity contribution < 1.29 is 14.3 Å². The number of rotatable bonds is 10. The van der Waals surface area contributed by atoms with Crippen molar-refractivity contribution in [2.75, 3.05) is 13.2 Å². The Kier molecular flexibility index (Phi) is 9.29. The van der Waals surface area contributed by atoms with E-state index < -0.39 is 6.04 Å². The van der Waals surface area contributed by atoms with Gasteiger partial charge in [0.15, 0.2) is 6.61 Å². The molecule has 1 atom stereocenters. The SMILES string of the molecule is CCCCNC(=O)[C@H](C)N(Cc1ccccc1Cl)C(=O)COc1ccccc1Cl. The number of nitrogens with one attached hydrogen (secondary N) is 1. The lowest BCUT2D eigenvalue weighted by Crippen LogP contribution is -2.49. The van der Waals surface area contributed by atoms with Crippen LogP contribution in [0.25, 0.3) is 0 Å². The second kappa shape index (κ2) is 11.7. The summed E-state index contributed by atoms with van der Waals surface area (Å²) in [5.41, 5.74) is 0.758. The molecule has 0 saturated heterocycles. The van der Waals surface area contributed by atoms with E-state index in [9.17, 15) is 9.59 Å². The van der Waals surface area contributed by atoms with Gasteiger partial charge < -0.3 is 15.0 Å². The Hall–Kier alpha value is -2.24. The first-order chi connectivity index (χ1) is 13.9. The van der Waals surface area contributed by atoms with Gasteiger partial charge in [-0.3, -0.25) is 9.59 Å². The molecule has 7 heteroatoms. The predicted molar refractivity (Wildman–Crippen MR) is 116 cm³/mol. The van der Waals surface area contributed by atoms with Crippen LogP contribution in [0.4, 0.5) is 0 Å². The second-order valence-electron chi connectivity index (χ2n) is 6.65. The minimum absolute atomic E-state index is 0.201. The summed E-state index contributed by atoms with van der Waals surface area (Å²) < 4.78 is 5.59. The van der Waals surface area contributed by atoms with Gasteiger partial charge in [0, 0.05) is 18.1 Å². The Morgan fingerprint density at radius 3 is 2.38 bits per heavy atom. The lowest BCUT2D eigenvalue weighted by atomic mass is 10.1. The van der Waals surface area contributed by atoms with Gasteiger partial charge in [-0.2, -0.15) is 0 Å². The molecule has 0 unspecified atom stereocenters. The predicted octanol–water partition coefficient (Wildman–Crippen LogP) is 4.71. The van der Waals surface area contributed by atoms with Gasteiger partial charge in [0.1, 0.15) is 11.8 Å². The second-order valence-corrected chi connectivity index (χ2v) is 7.47. The lowest BCUT2D eigenvalue weighted by Gasteiger charge is -2.29. The van der Waals surface area contributed by atoms with Crippen molar-refractivity contribution in [3.8, 4) is 5.75 Å². The van der Waals surface area contributed by atoms with Crippen LogP contribution in [0.1, 0.15) is 32.3 Å². The number of benzene rings is 2. The van der Waals surface area contributed by atoms with Crippen LogP contribution in [0.5, 0.6) is 5.75 Å². The number of para-hydroxylation sites is 1. The van der Waals surface area contributed by atoms with E-state index in [0.29, 0.717) is 22.3 Å². The maximum Gasteiger partial charge on any atom is 0.261 e. The number of halogens is 2. The van der Waals surface area contributed by atoms with Crippen LogP contribution in [0, 0.1) is 0 Å². The average Bonchev–Trinajstić information content (AvgIpc) is 2.72. The first kappa shape index (κ1) is 23.0. The van der Waals surface area contributed by atoms with Crippen LogP contribution in [0.15, 0.2) is 48.5 Å². The Morgan fingerprint density at radius 1 is 1.07 bits per heavy atom. The van der Waals surface area contributed by atoms with E-state index in [-0.39, 0.29) is 25.0 Å². The molecule has 0 aliphatic carbocycles. The Balaban J connectivity index is 2.14. The van der Waals surface area contributed by atoms with Crippen LogP contribution < -0.4 is 10.1 Å². The molecule has 1 N–H and O–H groups in total. The van der Waals surface area contributed by atoms with Crippen molar-refractivity contribution in [2.45, 2.75) is 39.3 Å². The van der Waals surface area contributed by atoms with Gasteiger partial charge in [0.25, 0.3) is 5.91 Å². The van der Waals surface area contributed by atoms with Crippen LogP contribution in [-0.2, 0) is 16.1 Å². The molecule has 0 bridgehead atoms. The highest BCUT2D eigenvalue weighted by Gasteiger charge is 2.27. The molecule has 0 radical (unpaired) electrons. The number of carbonyl (C=O) groups is 2. The van der Waals surface area contributed by atoms with Gasteiger partial charge in [0.05, 0.1) is 5.02 Å². The summed E-state index contributed by atoms with van der Waals surface area (Å²) >= 11 is 12.4. The summed E-state index contributed by atoms with van der Waals surface area (Å²) in [6, 6.07) is 13.5. The number of ether oxygens (including phenoxy) is 1. The van der Waals surface area contributed by atoms with Crippen molar-refractivity contribution in [1.82, 2.24) is 10.2 Å². The normalized spacial score (nSPS) is 11.6. The minimum Gasteiger partial charge on any atom is -0.482 e. The van der Waals surface area contributed by atoms with Crippen LogP contribution in [0.3, 0.4) is 0 Å². The molecular formula is C22H26Cl2N2O3. The first-order valence-electron chi connectivity index (χ1n) is 9.62. The molecule has 2 aromatic carbocycles. The molecule has 0 spiro atoms. The Bertz CT molecular complexity index is 829. The zero-order chi connectivity index (χ0) is 21.2. The molecule has 5 nitrogen and oxygen atoms in total. The fraction of sp³-hybridized carbons (Fsp3) is 0.364. The maximum absolute atomic E-state index is 13.0. The quantitative estimate of drug-likeness (QED) is 0.548. The van der Waals surface area contributed by atoms with E-state index >= 15 is 0 Å². The summed E-state index contributed by atoms with van der Waals surface area (Å²) in [5.74, 6) is -0.125. The highest BCUT2D eigenvalue weighted by molar-refractivity contribution is 6.32. The Morgan fingerprint density at radius 2 is 1.72 bits per heavy atom. The third kappa shape index (κ3) is 6.94. The zero-order valence-electron chi connectivity index (χ0n) is 16.7. The van der Waals surface area contributed by atoms with E-state index in [0.717, 1.165) is 18.4 Å². The van der Waals surface area contributed by atoms with E-state index in [1.807, 2.05) is 18.2 Å². The third-order valence-electron chi connectivity index (χ3n) is 4.48. The van der Waals surface area contributed by atoms with Crippen molar-refractivity contribution in [3.05, 3.63) is 64.1 Å². The molecule has 0 heterocycles. The highest BCUT2D eigenvalue weighted by Crippen LogP contribution is 2.23. The molecular weight excluding hydrogens is 411 g/mol. The largest absolute Gasteiger partial charge is 0.482 e. The van der Waals surface area contributed by atoms with Crippen LogP contribution >= 0.6 is 23.2 Å². The highest BCUT2D eigenvalue weighted by atomic mass is 35.5. The third-order valence-corrected chi connectivity index (χ3v) is 5.16. The molecule has 156 valence electrons. The van der Waals surface area contributed by atoms with Gasteiger partial charge in [0.2, 0.25) is 5.91 Å². The molecule has 2 amide bonds. The number of unbranched alkanes of at least 4 members (excludes halogenated alkanes) is 1. The fourth-order valence-corrected chi connectivity index (χ4v) is 3.10. The van der Waals surface area contributed by atoms with Gasteiger partial charge in [-0.15, -0.1) is 0 Å². The van der Waals surface area contributed by atoms with Crippen molar-refractivity contribution >= 4 is 35.0 Å². The van der Waals surface area contributed by atoms with E-state index in [1.54, 1.807) is 37.3 Å². The standard InChI is InChI=1S/C22H26Cl2N2O3/c1-3-4-13-25-22(28)16(2)26(14-17-9-5-6-10-18(17)23)21(27)15-29-20-12-8-7-11-19(20)24/h5-12,16H,3-4,13-15H2,1-2H3,(H,25,28)/t16-/m0/s1. The monoisotopic (exact) mass is 436 g/mol. The molecule has 0 fully saturated rings. The molecule has 2 aromatic rings. The molecule has 0 aromatic heterocycles. The average molecular weight is 437 g/mol. The number of amides is 2.